The fourth-order valence-electron chi connectivity index (χ4n) is 3.45. The SMILES string of the molecule is CC1CCC(NC2CCNCC2C)C(C)C1. The largest absolute Gasteiger partial charge is 0.316 e. The van der Waals surface area contributed by atoms with Crippen molar-refractivity contribution in [2.24, 2.45) is 17.8 Å². The normalized spacial score (nSPS) is 45.6. The third kappa shape index (κ3) is 2.98. The highest BCUT2D eigenvalue weighted by molar-refractivity contribution is 4.88. The molecule has 5 unspecified atom stereocenters. The van der Waals surface area contributed by atoms with E-state index in [0.717, 1.165) is 29.8 Å². The molecule has 0 aromatic carbocycles. The first-order chi connectivity index (χ1) is 7.66. The van der Waals surface area contributed by atoms with Crippen LogP contribution in [0.4, 0.5) is 0 Å². The van der Waals surface area contributed by atoms with Crippen molar-refractivity contribution in [3.63, 3.8) is 0 Å². The predicted molar refractivity (Wildman–Crippen MR) is 69.5 cm³/mol. The Morgan fingerprint density at radius 2 is 1.69 bits per heavy atom. The summed E-state index contributed by atoms with van der Waals surface area (Å²) >= 11 is 0. The van der Waals surface area contributed by atoms with Crippen molar-refractivity contribution < 1.29 is 0 Å². The number of rotatable bonds is 2. The first-order valence-electron chi connectivity index (χ1n) is 7.13. The van der Waals surface area contributed by atoms with Crippen LogP contribution in [0.3, 0.4) is 0 Å². The number of nitrogens with one attached hydrogen (secondary N) is 2. The molecule has 0 bridgehead atoms. The van der Waals surface area contributed by atoms with E-state index in [-0.39, 0.29) is 0 Å². The average molecular weight is 224 g/mol. The molecule has 1 aliphatic carbocycles. The van der Waals surface area contributed by atoms with Crippen molar-refractivity contribution in [3.05, 3.63) is 0 Å². The summed E-state index contributed by atoms with van der Waals surface area (Å²) < 4.78 is 0. The van der Waals surface area contributed by atoms with Gasteiger partial charge in [-0.15, -0.1) is 0 Å². The summed E-state index contributed by atoms with van der Waals surface area (Å²) in [5, 5.41) is 7.42. The molecule has 94 valence electrons. The minimum Gasteiger partial charge on any atom is -0.316 e. The molecule has 1 saturated heterocycles. The first-order valence-corrected chi connectivity index (χ1v) is 7.13. The lowest BCUT2D eigenvalue weighted by Crippen LogP contribution is -2.52. The van der Waals surface area contributed by atoms with Gasteiger partial charge in [0.25, 0.3) is 0 Å². The second-order valence-corrected chi connectivity index (χ2v) is 6.25. The summed E-state index contributed by atoms with van der Waals surface area (Å²) in [5.41, 5.74) is 0. The molecule has 0 aromatic rings. The number of hydrogen-bond acceptors (Lipinski definition) is 2. The van der Waals surface area contributed by atoms with Crippen molar-refractivity contribution in [3.8, 4) is 0 Å². The highest BCUT2D eigenvalue weighted by Gasteiger charge is 2.29. The van der Waals surface area contributed by atoms with E-state index in [4.69, 9.17) is 0 Å². The Bertz CT molecular complexity index is 217. The first kappa shape index (κ1) is 12.4. The van der Waals surface area contributed by atoms with Crippen LogP contribution in [0.2, 0.25) is 0 Å². The van der Waals surface area contributed by atoms with Crippen LogP contribution >= 0.6 is 0 Å². The minimum atomic E-state index is 0.752. The van der Waals surface area contributed by atoms with Crippen molar-refractivity contribution in [2.75, 3.05) is 13.1 Å². The van der Waals surface area contributed by atoms with Crippen LogP contribution in [0, 0.1) is 17.8 Å². The lowest BCUT2D eigenvalue weighted by Gasteiger charge is -2.39. The Balaban J connectivity index is 1.83. The van der Waals surface area contributed by atoms with Gasteiger partial charge >= 0.3 is 0 Å². The minimum absolute atomic E-state index is 0.752. The van der Waals surface area contributed by atoms with Gasteiger partial charge in [-0.05, 0) is 56.5 Å². The van der Waals surface area contributed by atoms with E-state index in [1.165, 1.54) is 38.8 Å². The van der Waals surface area contributed by atoms with Crippen LogP contribution in [-0.2, 0) is 0 Å². The molecule has 0 spiro atoms. The second kappa shape index (κ2) is 5.50. The summed E-state index contributed by atoms with van der Waals surface area (Å²) in [6, 6.07) is 1.53. The third-order valence-corrected chi connectivity index (χ3v) is 4.64. The number of hydrogen-bond donors (Lipinski definition) is 2. The molecule has 0 amide bonds. The Morgan fingerprint density at radius 3 is 2.38 bits per heavy atom. The topological polar surface area (TPSA) is 24.1 Å². The average Bonchev–Trinajstić information content (AvgIpc) is 2.25. The fraction of sp³-hybridized carbons (Fsp3) is 1.00. The molecule has 2 N–H and O–H groups in total. The molecule has 2 aliphatic rings. The predicted octanol–water partition coefficient (Wildman–Crippen LogP) is 2.40. The highest BCUT2D eigenvalue weighted by atomic mass is 15.0. The van der Waals surface area contributed by atoms with Crippen LogP contribution in [0.5, 0.6) is 0 Å². The molecule has 16 heavy (non-hydrogen) atoms. The maximum absolute atomic E-state index is 3.94. The summed E-state index contributed by atoms with van der Waals surface area (Å²) in [5.74, 6) is 2.60. The van der Waals surface area contributed by atoms with E-state index in [0.29, 0.717) is 0 Å². The summed E-state index contributed by atoms with van der Waals surface area (Å²) in [7, 11) is 0. The maximum Gasteiger partial charge on any atom is 0.0120 e. The third-order valence-electron chi connectivity index (χ3n) is 4.64. The molecule has 0 aromatic heterocycles. The van der Waals surface area contributed by atoms with Gasteiger partial charge in [-0.25, -0.2) is 0 Å². The van der Waals surface area contributed by atoms with Gasteiger partial charge < -0.3 is 10.6 Å². The summed E-state index contributed by atoms with van der Waals surface area (Å²) in [4.78, 5) is 0. The Hall–Kier alpha value is -0.0800. The Kier molecular flexibility index (Phi) is 4.26. The Morgan fingerprint density at radius 1 is 0.938 bits per heavy atom. The van der Waals surface area contributed by atoms with Crippen LogP contribution in [-0.4, -0.2) is 25.2 Å². The molecule has 5 atom stereocenters. The van der Waals surface area contributed by atoms with Crippen LogP contribution < -0.4 is 10.6 Å². The van der Waals surface area contributed by atoms with Crippen molar-refractivity contribution in [1.29, 1.82) is 0 Å². The zero-order valence-corrected chi connectivity index (χ0v) is 11.1. The van der Waals surface area contributed by atoms with Gasteiger partial charge in [0, 0.05) is 12.1 Å². The maximum atomic E-state index is 3.94. The monoisotopic (exact) mass is 224 g/mol. The Labute approximate surface area is 101 Å². The van der Waals surface area contributed by atoms with E-state index in [9.17, 15) is 0 Å². The van der Waals surface area contributed by atoms with Crippen molar-refractivity contribution >= 4 is 0 Å². The molecule has 2 fully saturated rings. The molecular weight excluding hydrogens is 196 g/mol. The standard InChI is InChI=1S/C14H28N2/c1-10-4-5-13(11(2)8-10)16-14-6-7-15-9-12(14)3/h10-16H,4-9H2,1-3H3. The summed E-state index contributed by atoms with van der Waals surface area (Å²) in [6.07, 6.45) is 5.53. The molecule has 2 rings (SSSR count). The zero-order valence-electron chi connectivity index (χ0n) is 11.1. The molecule has 1 heterocycles. The van der Waals surface area contributed by atoms with Gasteiger partial charge in [-0.1, -0.05) is 20.8 Å². The van der Waals surface area contributed by atoms with Crippen molar-refractivity contribution in [2.45, 2.75) is 58.5 Å². The molecule has 0 radical (unpaired) electrons. The zero-order chi connectivity index (χ0) is 11.5. The summed E-state index contributed by atoms with van der Waals surface area (Å²) in [6.45, 7) is 9.59. The fourth-order valence-corrected chi connectivity index (χ4v) is 3.45. The van der Waals surface area contributed by atoms with Crippen LogP contribution in [0.1, 0.15) is 46.5 Å². The van der Waals surface area contributed by atoms with Crippen molar-refractivity contribution in [1.82, 2.24) is 10.6 Å². The van der Waals surface area contributed by atoms with E-state index in [2.05, 4.69) is 31.4 Å². The van der Waals surface area contributed by atoms with Gasteiger partial charge in [-0.2, -0.15) is 0 Å². The molecule has 1 saturated carbocycles. The smallest absolute Gasteiger partial charge is 0.0120 e. The molecule has 1 aliphatic heterocycles. The molecule has 2 heteroatoms. The van der Waals surface area contributed by atoms with E-state index < -0.39 is 0 Å². The lowest BCUT2D eigenvalue weighted by atomic mass is 9.79. The van der Waals surface area contributed by atoms with Gasteiger partial charge in [-0.3, -0.25) is 0 Å². The lowest BCUT2D eigenvalue weighted by molar-refractivity contribution is 0.182. The quantitative estimate of drug-likeness (QED) is 0.752. The molecule has 2 nitrogen and oxygen atoms in total. The van der Waals surface area contributed by atoms with Gasteiger partial charge in [0.15, 0.2) is 0 Å². The van der Waals surface area contributed by atoms with Gasteiger partial charge in [0.1, 0.15) is 0 Å². The highest BCUT2D eigenvalue weighted by Crippen LogP contribution is 2.29. The number of piperidine rings is 1. The second-order valence-electron chi connectivity index (χ2n) is 6.25. The van der Waals surface area contributed by atoms with Crippen LogP contribution in [0.15, 0.2) is 0 Å². The van der Waals surface area contributed by atoms with E-state index >= 15 is 0 Å². The molecular formula is C14H28N2. The van der Waals surface area contributed by atoms with Gasteiger partial charge in [0.05, 0.1) is 0 Å². The van der Waals surface area contributed by atoms with Crippen LogP contribution in [0.25, 0.3) is 0 Å². The van der Waals surface area contributed by atoms with E-state index in [1.54, 1.807) is 0 Å². The van der Waals surface area contributed by atoms with Gasteiger partial charge in [0.2, 0.25) is 0 Å². The van der Waals surface area contributed by atoms with E-state index in [1.807, 2.05) is 0 Å².